The van der Waals surface area contributed by atoms with Crippen LogP contribution in [0.4, 0.5) is 0 Å². The number of fused-ring (bicyclic) bond motifs is 8. The first kappa shape index (κ1) is 21.3. The van der Waals surface area contributed by atoms with Gasteiger partial charge in [-0.15, -0.1) is 0 Å². The molecule has 0 spiro atoms. The first-order valence-electron chi connectivity index (χ1n) is 11.8. The molecule has 4 heterocycles. The Labute approximate surface area is 207 Å². The number of benzene rings is 3. The van der Waals surface area contributed by atoms with Crippen LogP contribution in [0.3, 0.4) is 0 Å². The summed E-state index contributed by atoms with van der Waals surface area (Å²) in [5.41, 5.74) is 5.15. The van der Waals surface area contributed by atoms with Gasteiger partial charge in [-0.2, -0.15) is 0 Å². The Morgan fingerprint density at radius 1 is 0.694 bits per heavy atom. The summed E-state index contributed by atoms with van der Waals surface area (Å²) in [6.45, 7) is 2.70. The fraction of sp³-hybridized carbons (Fsp3) is 0.333. The van der Waals surface area contributed by atoms with Crippen molar-refractivity contribution in [3.05, 3.63) is 47.0 Å². The molecular formula is C27H25NO8. The minimum absolute atomic E-state index is 0.137. The normalized spacial score (nSPS) is 16.4. The third-order valence-electron chi connectivity index (χ3n) is 7.03. The van der Waals surface area contributed by atoms with Crippen molar-refractivity contribution in [3.63, 3.8) is 0 Å². The second-order valence-corrected chi connectivity index (χ2v) is 8.97. The van der Waals surface area contributed by atoms with Crippen molar-refractivity contribution in [3.8, 4) is 57.1 Å². The third-order valence-corrected chi connectivity index (χ3v) is 7.03. The first-order chi connectivity index (χ1) is 17.7. The van der Waals surface area contributed by atoms with Gasteiger partial charge in [0.2, 0.25) is 31.9 Å². The predicted molar refractivity (Wildman–Crippen MR) is 128 cm³/mol. The van der Waals surface area contributed by atoms with Crippen LogP contribution in [0.5, 0.6) is 46.0 Å². The Kier molecular flexibility index (Phi) is 4.92. The summed E-state index contributed by atoms with van der Waals surface area (Å²) in [6, 6.07) is 10.1. The van der Waals surface area contributed by atoms with Crippen LogP contribution < -0.4 is 37.9 Å². The maximum absolute atomic E-state index is 6.00. The van der Waals surface area contributed by atoms with E-state index in [9.17, 15) is 0 Å². The quantitative estimate of drug-likeness (QED) is 0.524. The zero-order chi connectivity index (χ0) is 24.2. The lowest BCUT2D eigenvalue weighted by Gasteiger charge is -2.22. The Bertz CT molecular complexity index is 1300. The summed E-state index contributed by atoms with van der Waals surface area (Å²) in [6.07, 6.45) is 0.806. The molecule has 7 rings (SSSR count). The number of rotatable bonds is 5. The van der Waals surface area contributed by atoms with E-state index in [1.807, 2.05) is 24.3 Å². The molecule has 0 atom stereocenters. The molecule has 0 saturated carbocycles. The lowest BCUT2D eigenvalue weighted by molar-refractivity contribution is 0.170. The van der Waals surface area contributed by atoms with Gasteiger partial charge in [-0.25, -0.2) is 0 Å². The van der Waals surface area contributed by atoms with Gasteiger partial charge in [0.1, 0.15) is 0 Å². The summed E-state index contributed by atoms with van der Waals surface area (Å²) in [5.74, 6) is 5.49. The monoisotopic (exact) mass is 491 g/mol. The Morgan fingerprint density at radius 3 is 1.86 bits per heavy atom. The topological polar surface area (TPSA) is 77.1 Å². The van der Waals surface area contributed by atoms with Crippen molar-refractivity contribution >= 4 is 0 Å². The summed E-state index contributed by atoms with van der Waals surface area (Å²) in [7, 11) is 3.29. The summed E-state index contributed by atoms with van der Waals surface area (Å²) in [5, 5.41) is 0. The second kappa shape index (κ2) is 8.30. The largest absolute Gasteiger partial charge is 0.493 e. The molecule has 0 amide bonds. The number of nitrogens with zero attached hydrogens (tertiary/aromatic N) is 1. The number of ether oxygens (including phenoxy) is 8. The van der Waals surface area contributed by atoms with Crippen LogP contribution in [0.15, 0.2) is 30.3 Å². The highest BCUT2D eigenvalue weighted by molar-refractivity contribution is 5.89. The van der Waals surface area contributed by atoms with Gasteiger partial charge >= 0.3 is 0 Å². The lowest BCUT2D eigenvalue weighted by atomic mass is 9.93. The van der Waals surface area contributed by atoms with E-state index in [0.29, 0.717) is 47.6 Å². The van der Waals surface area contributed by atoms with Crippen LogP contribution in [0.2, 0.25) is 0 Å². The molecule has 9 nitrogen and oxygen atoms in total. The van der Waals surface area contributed by atoms with Crippen molar-refractivity contribution in [2.75, 3.05) is 41.1 Å². The van der Waals surface area contributed by atoms with E-state index < -0.39 is 0 Å². The zero-order valence-electron chi connectivity index (χ0n) is 20.0. The van der Waals surface area contributed by atoms with Crippen molar-refractivity contribution in [2.45, 2.75) is 19.5 Å². The predicted octanol–water partition coefficient (Wildman–Crippen LogP) is 4.12. The molecule has 36 heavy (non-hydrogen) atoms. The fourth-order valence-corrected chi connectivity index (χ4v) is 5.44. The van der Waals surface area contributed by atoms with Crippen molar-refractivity contribution < 1.29 is 37.9 Å². The van der Waals surface area contributed by atoms with Crippen molar-refractivity contribution in [1.29, 1.82) is 0 Å². The van der Waals surface area contributed by atoms with Gasteiger partial charge < -0.3 is 37.9 Å². The van der Waals surface area contributed by atoms with E-state index >= 15 is 0 Å². The molecule has 0 bridgehead atoms. The zero-order valence-corrected chi connectivity index (χ0v) is 20.0. The number of para-hydroxylation sites is 1. The number of hydrogen-bond acceptors (Lipinski definition) is 9. The standard InChI is InChI=1S/C27H25NO8/c1-29-19-8-16-10-28(7-6-15-4-3-5-18-23(15)32-12-31-18)11-17-9-20(30-2)25-27(36-14-34-25)22(17)21(16)26-24(19)33-13-35-26/h3-5,8-9H,6-7,10-14H2,1-2H3. The molecule has 0 aliphatic carbocycles. The number of methoxy groups -OCH3 is 2. The van der Waals surface area contributed by atoms with Gasteiger partial charge in [-0.1, -0.05) is 12.1 Å². The van der Waals surface area contributed by atoms with Gasteiger partial charge in [0.15, 0.2) is 34.5 Å². The summed E-state index contributed by atoms with van der Waals surface area (Å²) in [4.78, 5) is 2.39. The van der Waals surface area contributed by atoms with Gasteiger partial charge in [0, 0.05) is 30.8 Å². The minimum Gasteiger partial charge on any atom is -0.493 e. The number of hydrogen-bond donors (Lipinski definition) is 0. The van der Waals surface area contributed by atoms with Crippen LogP contribution in [0.1, 0.15) is 16.7 Å². The second-order valence-electron chi connectivity index (χ2n) is 8.97. The molecule has 0 fully saturated rings. The maximum atomic E-state index is 6.00. The molecule has 3 aromatic carbocycles. The molecule has 4 aliphatic rings. The van der Waals surface area contributed by atoms with Crippen LogP contribution in [0.25, 0.3) is 11.1 Å². The molecule has 0 N–H and O–H groups in total. The molecule has 3 aromatic rings. The highest BCUT2D eigenvalue weighted by Crippen LogP contribution is 2.57. The smallest absolute Gasteiger partial charge is 0.231 e. The molecule has 186 valence electrons. The van der Waals surface area contributed by atoms with E-state index in [1.165, 1.54) is 0 Å². The Morgan fingerprint density at radius 2 is 1.25 bits per heavy atom. The molecule has 9 heteroatoms. The van der Waals surface area contributed by atoms with Gasteiger partial charge in [0.25, 0.3) is 0 Å². The van der Waals surface area contributed by atoms with E-state index in [1.54, 1.807) is 14.2 Å². The van der Waals surface area contributed by atoms with Crippen LogP contribution >= 0.6 is 0 Å². The van der Waals surface area contributed by atoms with Crippen LogP contribution in [-0.4, -0.2) is 46.0 Å². The molecule has 0 aromatic heterocycles. The van der Waals surface area contributed by atoms with E-state index in [2.05, 4.69) is 11.0 Å². The Hall–Kier alpha value is -3.98. The SMILES string of the molecule is COc1cc2c(c3c1OCO3)-c1c(cc(OC)c3c1OCO3)CN(CCc1cccc3c1OCO3)C2. The molecule has 0 unspecified atom stereocenters. The third kappa shape index (κ3) is 3.19. The molecule has 0 saturated heterocycles. The fourth-order valence-electron chi connectivity index (χ4n) is 5.44. The van der Waals surface area contributed by atoms with Gasteiger partial charge in [-0.05, 0) is 41.3 Å². The average Bonchev–Trinajstić information content (AvgIpc) is 3.66. The Balaban J connectivity index is 1.34. The molecule has 4 aliphatic heterocycles. The summed E-state index contributed by atoms with van der Waals surface area (Å²) >= 11 is 0. The molecular weight excluding hydrogens is 466 g/mol. The average molecular weight is 491 g/mol. The van der Waals surface area contributed by atoms with Crippen LogP contribution in [0, 0.1) is 0 Å². The van der Waals surface area contributed by atoms with E-state index in [0.717, 1.165) is 52.3 Å². The minimum atomic E-state index is 0.137. The highest BCUT2D eigenvalue weighted by Gasteiger charge is 2.36. The van der Waals surface area contributed by atoms with E-state index in [4.69, 9.17) is 37.9 Å². The van der Waals surface area contributed by atoms with Crippen molar-refractivity contribution in [2.24, 2.45) is 0 Å². The maximum Gasteiger partial charge on any atom is 0.231 e. The highest BCUT2D eigenvalue weighted by atomic mass is 16.7. The lowest BCUT2D eigenvalue weighted by Crippen LogP contribution is -2.24. The summed E-state index contributed by atoms with van der Waals surface area (Å²) < 4.78 is 46.2. The first-order valence-corrected chi connectivity index (χ1v) is 11.8. The molecule has 0 radical (unpaired) electrons. The van der Waals surface area contributed by atoms with E-state index in [-0.39, 0.29) is 20.4 Å². The van der Waals surface area contributed by atoms with Crippen LogP contribution in [-0.2, 0) is 19.5 Å². The van der Waals surface area contributed by atoms with Crippen molar-refractivity contribution in [1.82, 2.24) is 4.90 Å². The van der Waals surface area contributed by atoms with Gasteiger partial charge in [0.05, 0.1) is 14.2 Å². The van der Waals surface area contributed by atoms with Gasteiger partial charge in [-0.3, -0.25) is 4.90 Å².